The lowest BCUT2D eigenvalue weighted by molar-refractivity contribution is -0.131. The molecule has 2 aromatic heterocycles. The van der Waals surface area contributed by atoms with Gasteiger partial charge in [0, 0.05) is 39.0 Å². The smallest absolute Gasteiger partial charge is 0.238 e. The van der Waals surface area contributed by atoms with Gasteiger partial charge in [0.1, 0.15) is 0 Å². The van der Waals surface area contributed by atoms with Gasteiger partial charge in [0.05, 0.1) is 6.26 Å². The number of aryl methyl sites for hydroxylation is 1. The van der Waals surface area contributed by atoms with Crippen LogP contribution in [0.3, 0.4) is 0 Å². The zero-order valence-electron chi connectivity index (χ0n) is 11.4. The van der Waals surface area contributed by atoms with E-state index in [0.717, 1.165) is 26.2 Å². The van der Waals surface area contributed by atoms with Crippen LogP contribution in [0.15, 0.2) is 27.3 Å². The summed E-state index contributed by atoms with van der Waals surface area (Å²) in [5, 5.41) is 7.05. The van der Waals surface area contributed by atoms with Gasteiger partial charge in [0.2, 0.25) is 17.6 Å². The van der Waals surface area contributed by atoms with E-state index in [4.69, 9.17) is 8.94 Å². The predicted molar refractivity (Wildman–Crippen MR) is 77.0 cm³/mol. The Balaban J connectivity index is 0.00000161. The maximum Gasteiger partial charge on any atom is 0.238 e. The van der Waals surface area contributed by atoms with Gasteiger partial charge in [-0.2, -0.15) is 4.98 Å². The minimum Gasteiger partial charge on any atom is -0.461 e. The molecule has 1 aliphatic rings. The van der Waals surface area contributed by atoms with Crippen molar-refractivity contribution in [3.8, 4) is 11.6 Å². The van der Waals surface area contributed by atoms with E-state index < -0.39 is 0 Å². The number of carbonyl (C=O) groups excluding carboxylic acids is 1. The molecular weight excluding hydrogens is 296 g/mol. The van der Waals surface area contributed by atoms with Gasteiger partial charge in [-0.25, -0.2) is 0 Å². The second-order valence-electron chi connectivity index (χ2n) is 4.62. The van der Waals surface area contributed by atoms with E-state index in [1.54, 1.807) is 18.4 Å². The summed E-state index contributed by atoms with van der Waals surface area (Å²) >= 11 is 0. The van der Waals surface area contributed by atoms with Crippen LogP contribution < -0.4 is 5.32 Å². The third-order valence-electron chi connectivity index (χ3n) is 3.23. The Kier molecular flexibility index (Phi) is 5.35. The van der Waals surface area contributed by atoms with E-state index in [1.165, 1.54) is 0 Å². The van der Waals surface area contributed by atoms with E-state index in [2.05, 4.69) is 15.5 Å². The van der Waals surface area contributed by atoms with Crippen LogP contribution in [0.25, 0.3) is 11.6 Å². The molecule has 0 radical (unpaired) electrons. The summed E-state index contributed by atoms with van der Waals surface area (Å²) in [6.07, 6.45) is 2.40. The monoisotopic (exact) mass is 312 g/mol. The minimum absolute atomic E-state index is 0. The van der Waals surface area contributed by atoms with E-state index >= 15 is 0 Å². The normalized spacial score (nSPS) is 14.8. The highest BCUT2D eigenvalue weighted by molar-refractivity contribution is 5.85. The van der Waals surface area contributed by atoms with Gasteiger partial charge in [0.25, 0.3) is 0 Å². The first-order valence-corrected chi connectivity index (χ1v) is 6.68. The van der Waals surface area contributed by atoms with Crippen molar-refractivity contribution >= 4 is 18.3 Å². The molecule has 0 bridgehead atoms. The first-order valence-electron chi connectivity index (χ1n) is 6.68. The number of hydrogen-bond donors (Lipinski definition) is 1. The molecule has 8 heteroatoms. The lowest BCUT2D eigenvalue weighted by atomic mass is 10.2. The minimum atomic E-state index is 0. The molecule has 7 nitrogen and oxygen atoms in total. The van der Waals surface area contributed by atoms with Gasteiger partial charge >= 0.3 is 0 Å². The van der Waals surface area contributed by atoms with Crippen molar-refractivity contribution in [2.24, 2.45) is 0 Å². The quantitative estimate of drug-likeness (QED) is 0.910. The van der Waals surface area contributed by atoms with E-state index in [0.29, 0.717) is 30.3 Å². The molecule has 1 saturated heterocycles. The van der Waals surface area contributed by atoms with E-state index in [1.807, 2.05) is 4.90 Å². The molecule has 1 N–H and O–H groups in total. The molecule has 0 atom stereocenters. The highest BCUT2D eigenvalue weighted by atomic mass is 35.5. The Morgan fingerprint density at radius 1 is 1.38 bits per heavy atom. The maximum absolute atomic E-state index is 12.0. The van der Waals surface area contributed by atoms with Crippen molar-refractivity contribution in [3.05, 3.63) is 24.3 Å². The highest BCUT2D eigenvalue weighted by Gasteiger charge is 2.17. The molecule has 1 aliphatic heterocycles. The number of amides is 1. The van der Waals surface area contributed by atoms with Gasteiger partial charge in [-0.1, -0.05) is 5.16 Å². The highest BCUT2D eigenvalue weighted by Crippen LogP contribution is 2.16. The van der Waals surface area contributed by atoms with Crippen LogP contribution in [-0.2, 0) is 11.2 Å². The third kappa shape index (κ3) is 3.83. The zero-order chi connectivity index (χ0) is 13.8. The molecule has 3 heterocycles. The summed E-state index contributed by atoms with van der Waals surface area (Å²) in [7, 11) is 0. The summed E-state index contributed by atoms with van der Waals surface area (Å²) in [5.41, 5.74) is 0. The molecule has 1 amide bonds. The second-order valence-corrected chi connectivity index (χ2v) is 4.62. The molecule has 0 spiro atoms. The molecule has 0 aromatic carbocycles. The summed E-state index contributed by atoms with van der Waals surface area (Å²) in [5.74, 6) is 1.57. The third-order valence-corrected chi connectivity index (χ3v) is 3.23. The van der Waals surface area contributed by atoms with Crippen LogP contribution in [0.2, 0.25) is 0 Å². The Labute approximate surface area is 128 Å². The topological polar surface area (TPSA) is 84.4 Å². The summed E-state index contributed by atoms with van der Waals surface area (Å²) in [6, 6.07) is 3.53. The zero-order valence-corrected chi connectivity index (χ0v) is 12.3. The fourth-order valence-electron chi connectivity index (χ4n) is 2.15. The largest absolute Gasteiger partial charge is 0.461 e. The first kappa shape index (κ1) is 15.5. The molecule has 2 aromatic rings. The van der Waals surface area contributed by atoms with Crippen LogP contribution in [0.5, 0.6) is 0 Å². The molecule has 3 rings (SSSR count). The number of hydrogen-bond acceptors (Lipinski definition) is 6. The second kappa shape index (κ2) is 7.24. The van der Waals surface area contributed by atoms with Crippen LogP contribution in [0.4, 0.5) is 0 Å². The average Bonchev–Trinajstić information content (AvgIpc) is 3.16. The summed E-state index contributed by atoms with van der Waals surface area (Å²) < 4.78 is 10.3. The number of nitrogens with zero attached hydrogens (tertiary/aromatic N) is 3. The summed E-state index contributed by atoms with van der Waals surface area (Å²) in [6.45, 7) is 3.24. The van der Waals surface area contributed by atoms with Crippen LogP contribution in [0, 0.1) is 0 Å². The molecular formula is C13H17ClN4O3. The summed E-state index contributed by atoms with van der Waals surface area (Å²) in [4.78, 5) is 18.1. The number of halogens is 1. The van der Waals surface area contributed by atoms with Crippen molar-refractivity contribution in [2.75, 3.05) is 26.2 Å². The van der Waals surface area contributed by atoms with E-state index in [9.17, 15) is 4.79 Å². The number of rotatable bonds is 4. The lowest BCUT2D eigenvalue weighted by Crippen LogP contribution is -2.46. The van der Waals surface area contributed by atoms with Crippen LogP contribution in [0.1, 0.15) is 12.3 Å². The van der Waals surface area contributed by atoms with Crippen molar-refractivity contribution in [1.29, 1.82) is 0 Å². The number of aromatic nitrogens is 2. The molecule has 114 valence electrons. The van der Waals surface area contributed by atoms with Crippen LogP contribution in [-0.4, -0.2) is 47.1 Å². The number of carbonyl (C=O) groups is 1. The average molecular weight is 313 g/mol. The Morgan fingerprint density at radius 2 is 2.19 bits per heavy atom. The molecule has 0 unspecified atom stereocenters. The SMILES string of the molecule is Cl.O=C(CCc1nc(-c2ccco2)no1)N1CCNCC1. The van der Waals surface area contributed by atoms with Gasteiger partial charge in [-0.15, -0.1) is 12.4 Å². The van der Waals surface area contributed by atoms with Crippen molar-refractivity contribution in [2.45, 2.75) is 12.8 Å². The van der Waals surface area contributed by atoms with Gasteiger partial charge in [-0.05, 0) is 12.1 Å². The van der Waals surface area contributed by atoms with Crippen molar-refractivity contribution in [3.63, 3.8) is 0 Å². The first-order chi connectivity index (χ1) is 9.83. The maximum atomic E-state index is 12.0. The van der Waals surface area contributed by atoms with Crippen molar-refractivity contribution < 1.29 is 13.7 Å². The van der Waals surface area contributed by atoms with Gasteiger partial charge in [0.15, 0.2) is 5.76 Å². The van der Waals surface area contributed by atoms with E-state index in [-0.39, 0.29) is 18.3 Å². The van der Waals surface area contributed by atoms with Gasteiger partial charge in [-0.3, -0.25) is 4.79 Å². The predicted octanol–water partition coefficient (Wildman–Crippen LogP) is 1.12. The molecule has 0 aliphatic carbocycles. The molecule has 0 saturated carbocycles. The van der Waals surface area contributed by atoms with Crippen LogP contribution >= 0.6 is 12.4 Å². The lowest BCUT2D eigenvalue weighted by Gasteiger charge is -2.27. The fraction of sp³-hybridized carbons (Fsp3) is 0.462. The Bertz CT molecular complexity index is 564. The molecule has 1 fully saturated rings. The standard InChI is InChI=1S/C13H16N4O3.ClH/c18-12(17-7-5-14-6-8-17)4-3-11-15-13(16-20-11)10-2-1-9-19-10;/h1-2,9,14H,3-8H2;1H. The molecule has 21 heavy (non-hydrogen) atoms. The number of furan rings is 1. The fourth-order valence-corrected chi connectivity index (χ4v) is 2.15. The Morgan fingerprint density at radius 3 is 2.90 bits per heavy atom. The Hall–Kier alpha value is -1.86. The number of nitrogens with one attached hydrogen (secondary N) is 1. The van der Waals surface area contributed by atoms with Crippen molar-refractivity contribution in [1.82, 2.24) is 20.4 Å². The van der Waals surface area contributed by atoms with Gasteiger partial charge < -0.3 is 19.2 Å². The number of piperazine rings is 1.